The van der Waals surface area contributed by atoms with Crippen LogP contribution in [0.5, 0.6) is 0 Å². The van der Waals surface area contributed by atoms with Crippen molar-refractivity contribution in [2.45, 2.75) is 53.0 Å². The second-order valence-corrected chi connectivity index (χ2v) is 7.24. The molecule has 0 aromatic carbocycles. The molecule has 1 unspecified atom stereocenters. The highest BCUT2D eigenvalue weighted by atomic mass is 16.3. The highest BCUT2D eigenvalue weighted by Gasteiger charge is 2.27. The summed E-state index contributed by atoms with van der Waals surface area (Å²) in [5.74, 6) is 2.26. The van der Waals surface area contributed by atoms with Gasteiger partial charge >= 0.3 is 0 Å². The Bertz CT molecular complexity index is 566. The van der Waals surface area contributed by atoms with E-state index in [9.17, 15) is 5.11 Å². The number of allylic oxidation sites excluding steroid dienone is 1. The topological polar surface area (TPSA) is 52.5 Å². The van der Waals surface area contributed by atoms with Crippen molar-refractivity contribution in [2.24, 2.45) is 0 Å². The molecule has 0 saturated carbocycles. The van der Waals surface area contributed by atoms with Crippen molar-refractivity contribution in [3.63, 3.8) is 0 Å². The minimum Gasteiger partial charge on any atom is -0.396 e. The molecule has 5 heteroatoms. The first-order valence-electron chi connectivity index (χ1n) is 8.99. The van der Waals surface area contributed by atoms with Gasteiger partial charge in [-0.25, -0.2) is 9.97 Å². The van der Waals surface area contributed by atoms with Gasteiger partial charge < -0.3 is 10.0 Å². The maximum Gasteiger partial charge on any atom is 0.132 e. The monoisotopic (exact) mass is 332 g/mol. The third-order valence-electron chi connectivity index (χ3n) is 4.56. The molecule has 0 spiro atoms. The van der Waals surface area contributed by atoms with Crippen molar-refractivity contribution in [1.82, 2.24) is 14.9 Å². The Morgan fingerprint density at radius 3 is 2.71 bits per heavy atom. The van der Waals surface area contributed by atoms with Crippen molar-refractivity contribution in [3.8, 4) is 0 Å². The van der Waals surface area contributed by atoms with Crippen LogP contribution in [0.2, 0.25) is 0 Å². The fourth-order valence-electron chi connectivity index (χ4n) is 3.10. The van der Waals surface area contributed by atoms with E-state index in [2.05, 4.69) is 59.6 Å². The zero-order valence-corrected chi connectivity index (χ0v) is 15.8. The summed E-state index contributed by atoms with van der Waals surface area (Å²) in [4.78, 5) is 14.0. The van der Waals surface area contributed by atoms with Crippen LogP contribution in [0.4, 0.5) is 5.82 Å². The van der Waals surface area contributed by atoms with Crippen LogP contribution in [0.1, 0.15) is 51.6 Å². The summed E-state index contributed by atoms with van der Waals surface area (Å²) in [6.45, 7) is 14.6. The molecule has 1 fully saturated rings. The molecule has 1 aromatic rings. The van der Waals surface area contributed by atoms with E-state index in [0.717, 1.165) is 49.9 Å². The number of hydrogen-bond donors (Lipinski definition) is 1. The number of hydrogen-bond acceptors (Lipinski definition) is 5. The molecule has 1 aliphatic heterocycles. The van der Waals surface area contributed by atoms with E-state index in [-0.39, 0.29) is 6.61 Å². The number of aryl methyl sites for hydroxylation is 1. The molecule has 1 N–H and O–H groups in total. The predicted molar refractivity (Wildman–Crippen MR) is 99.6 cm³/mol. The maximum absolute atomic E-state index is 9.45. The zero-order valence-electron chi connectivity index (χ0n) is 15.8. The first-order chi connectivity index (χ1) is 11.4. The van der Waals surface area contributed by atoms with E-state index in [1.165, 1.54) is 5.57 Å². The lowest BCUT2D eigenvalue weighted by atomic mass is 10.1. The molecule has 1 aromatic heterocycles. The third kappa shape index (κ3) is 5.02. The summed E-state index contributed by atoms with van der Waals surface area (Å²) >= 11 is 0. The molecule has 5 nitrogen and oxygen atoms in total. The highest BCUT2D eigenvalue weighted by Crippen LogP contribution is 2.22. The van der Waals surface area contributed by atoms with Crippen LogP contribution in [-0.4, -0.2) is 58.8 Å². The van der Waals surface area contributed by atoms with Gasteiger partial charge in [0.1, 0.15) is 11.6 Å². The number of aliphatic hydroxyl groups excluding tert-OH is 1. The molecule has 0 bridgehead atoms. The Morgan fingerprint density at radius 2 is 2.08 bits per heavy atom. The van der Waals surface area contributed by atoms with Crippen molar-refractivity contribution >= 4 is 5.82 Å². The first-order valence-corrected chi connectivity index (χ1v) is 8.99. The zero-order chi connectivity index (χ0) is 17.7. The molecule has 1 saturated heterocycles. The molecule has 0 aliphatic carbocycles. The number of piperazine rings is 1. The van der Waals surface area contributed by atoms with Gasteiger partial charge in [0.05, 0.1) is 0 Å². The standard InChI is InChI=1S/C19H32N4O/c1-14(2)6-8-22-9-10-23(13-17(22)7-11-24)19-12-18(15(3)4)20-16(5)21-19/h6,12,15,17,24H,7-11,13H2,1-5H3. The largest absolute Gasteiger partial charge is 0.396 e. The van der Waals surface area contributed by atoms with Crippen LogP contribution in [0, 0.1) is 6.92 Å². The van der Waals surface area contributed by atoms with Crippen LogP contribution in [0.3, 0.4) is 0 Å². The summed E-state index contributed by atoms with van der Waals surface area (Å²) in [5.41, 5.74) is 2.44. The quantitative estimate of drug-likeness (QED) is 0.812. The Kier molecular flexibility index (Phi) is 6.75. The fourth-order valence-corrected chi connectivity index (χ4v) is 3.10. The van der Waals surface area contributed by atoms with Gasteiger partial charge in [0.2, 0.25) is 0 Å². The van der Waals surface area contributed by atoms with Crippen molar-refractivity contribution in [1.29, 1.82) is 0 Å². The lowest BCUT2D eigenvalue weighted by molar-refractivity contribution is 0.155. The van der Waals surface area contributed by atoms with E-state index < -0.39 is 0 Å². The predicted octanol–water partition coefficient (Wildman–Crippen LogP) is 2.75. The molecule has 24 heavy (non-hydrogen) atoms. The average molecular weight is 332 g/mol. The van der Waals surface area contributed by atoms with Crippen LogP contribution in [0.25, 0.3) is 0 Å². The lowest BCUT2D eigenvalue weighted by Crippen LogP contribution is -2.53. The molecule has 2 heterocycles. The molecule has 0 amide bonds. The summed E-state index contributed by atoms with van der Waals surface area (Å²) in [6, 6.07) is 2.48. The van der Waals surface area contributed by atoms with Crippen LogP contribution >= 0.6 is 0 Å². The third-order valence-corrected chi connectivity index (χ3v) is 4.56. The molecular formula is C19H32N4O. The van der Waals surface area contributed by atoms with Crippen LogP contribution < -0.4 is 4.90 Å². The number of aromatic nitrogens is 2. The second-order valence-electron chi connectivity index (χ2n) is 7.24. The van der Waals surface area contributed by atoms with E-state index in [1.54, 1.807) is 0 Å². The average Bonchev–Trinajstić information content (AvgIpc) is 2.53. The van der Waals surface area contributed by atoms with Gasteiger partial charge in [-0.1, -0.05) is 25.5 Å². The highest BCUT2D eigenvalue weighted by molar-refractivity contribution is 5.41. The van der Waals surface area contributed by atoms with Gasteiger partial charge in [-0.15, -0.1) is 0 Å². The van der Waals surface area contributed by atoms with Crippen LogP contribution in [0.15, 0.2) is 17.7 Å². The normalized spacial score (nSPS) is 19.0. The Balaban J connectivity index is 2.15. The van der Waals surface area contributed by atoms with Gasteiger partial charge in [0, 0.05) is 50.6 Å². The molecule has 0 radical (unpaired) electrons. The fraction of sp³-hybridized carbons (Fsp3) is 0.684. The summed E-state index contributed by atoms with van der Waals surface area (Å²) in [6.07, 6.45) is 3.07. The lowest BCUT2D eigenvalue weighted by Gasteiger charge is -2.41. The number of anilines is 1. The number of aliphatic hydroxyl groups is 1. The first kappa shape index (κ1) is 18.9. The van der Waals surface area contributed by atoms with Gasteiger partial charge in [-0.3, -0.25) is 4.90 Å². The van der Waals surface area contributed by atoms with E-state index >= 15 is 0 Å². The molecule has 134 valence electrons. The van der Waals surface area contributed by atoms with Crippen molar-refractivity contribution in [2.75, 3.05) is 37.7 Å². The Labute approximate surface area is 146 Å². The van der Waals surface area contributed by atoms with Crippen molar-refractivity contribution < 1.29 is 5.11 Å². The summed E-state index contributed by atoms with van der Waals surface area (Å²) < 4.78 is 0. The van der Waals surface area contributed by atoms with Gasteiger partial charge in [-0.2, -0.15) is 0 Å². The minimum absolute atomic E-state index is 0.226. The number of nitrogens with zero attached hydrogens (tertiary/aromatic N) is 4. The van der Waals surface area contributed by atoms with Gasteiger partial charge in [0.15, 0.2) is 0 Å². The second kappa shape index (κ2) is 8.58. The van der Waals surface area contributed by atoms with E-state index in [0.29, 0.717) is 12.0 Å². The maximum atomic E-state index is 9.45. The van der Waals surface area contributed by atoms with E-state index in [1.807, 2.05) is 6.92 Å². The molecule has 2 rings (SSSR count). The Morgan fingerprint density at radius 1 is 1.33 bits per heavy atom. The van der Waals surface area contributed by atoms with Crippen molar-refractivity contribution in [3.05, 3.63) is 29.2 Å². The molecular weight excluding hydrogens is 300 g/mol. The smallest absolute Gasteiger partial charge is 0.132 e. The summed E-state index contributed by atoms with van der Waals surface area (Å²) in [5, 5.41) is 9.45. The minimum atomic E-state index is 0.226. The molecule has 1 atom stereocenters. The van der Waals surface area contributed by atoms with Gasteiger partial charge in [-0.05, 0) is 33.1 Å². The van der Waals surface area contributed by atoms with Gasteiger partial charge in [0.25, 0.3) is 0 Å². The SMILES string of the molecule is CC(C)=CCN1CCN(c2cc(C(C)C)nc(C)n2)CC1CCO. The molecule has 1 aliphatic rings. The summed E-state index contributed by atoms with van der Waals surface area (Å²) in [7, 11) is 0. The van der Waals surface area contributed by atoms with E-state index in [4.69, 9.17) is 0 Å². The number of rotatable bonds is 6. The Hall–Kier alpha value is -1.46. The van der Waals surface area contributed by atoms with Crippen LogP contribution in [-0.2, 0) is 0 Å².